The minimum atomic E-state index is -4.41. The highest BCUT2D eigenvalue weighted by atomic mass is 32.1. The van der Waals surface area contributed by atoms with Gasteiger partial charge in [0, 0.05) is 16.5 Å². The van der Waals surface area contributed by atoms with E-state index in [0.29, 0.717) is 28.2 Å². The molecule has 0 bridgehead atoms. The molecular weight excluding hydrogens is 465 g/mol. The summed E-state index contributed by atoms with van der Waals surface area (Å²) >= 11 is 1.45. The van der Waals surface area contributed by atoms with Crippen LogP contribution in [-0.2, 0) is 12.7 Å². The van der Waals surface area contributed by atoms with E-state index in [9.17, 15) is 18.0 Å². The largest absolute Gasteiger partial charge is 0.416 e. The molecule has 0 saturated heterocycles. The number of H-pyrrole nitrogens is 1. The number of amides is 1. The van der Waals surface area contributed by atoms with E-state index in [4.69, 9.17) is 4.52 Å². The van der Waals surface area contributed by atoms with Crippen molar-refractivity contribution < 1.29 is 22.5 Å². The summed E-state index contributed by atoms with van der Waals surface area (Å²) in [5, 5.41) is 6.57. The Labute approximate surface area is 195 Å². The summed E-state index contributed by atoms with van der Waals surface area (Å²) < 4.78 is 44.0. The molecule has 2 aromatic carbocycles. The molecule has 2 N–H and O–H groups in total. The number of halogens is 3. The maximum Gasteiger partial charge on any atom is 0.416 e. The van der Waals surface area contributed by atoms with E-state index >= 15 is 0 Å². The maximum atomic E-state index is 13.0. The fourth-order valence-corrected chi connectivity index (χ4v) is 4.43. The van der Waals surface area contributed by atoms with Crippen molar-refractivity contribution in [2.75, 3.05) is 0 Å². The molecule has 0 saturated carbocycles. The predicted molar refractivity (Wildman–Crippen MR) is 122 cm³/mol. The van der Waals surface area contributed by atoms with Crippen molar-refractivity contribution in [2.45, 2.75) is 19.6 Å². The number of aryl methyl sites for hydroxylation is 1. The number of carbonyl (C=O) groups excluding carboxylic acids is 1. The van der Waals surface area contributed by atoms with E-state index in [1.165, 1.54) is 17.4 Å². The number of hydrogen-bond donors (Lipinski definition) is 2. The molecular formula is C24H17F3N4O2S. The van der Waals surface area contributed by atoms with Crippen LogP contribution in [0.4, 0.5) is 13.2 Å². The monoisotopic (exact) mass is 482 g/mol. The lowest BCUT2D eigenvalue weighted by Gasteiger charge is -2.05. The number of hydrogen-bond acceptors (Lipinski definition) is 5. The van der Waals surface area contributed by atoms with Gasteiger partial charge in [-0.2, -0.15) is 13.2 Å². The zero-order chi connectivity index (χ0) is 23.9. The van der Waals surface area contributed by atoms with Gasteiger partial charge in [-0.05, 0) is 55.0 Å². The number of rotatable bonds is 5. The lowest BCUT2D eigenvalue weighted by atomic mass is 10.1. The van der Waals surface area contributed by atoms with Gasteiger partial charge in [-0.3, -0.25) is 4.79 Å². The van der Waals surface area contributed by atoms with E-state index < -0.39 is 11.7 Å². The number of aromatic nitrogens is 3. The van der Waals surface area contributed by atoms with Gasteiger partial charge in [0.05, 0.1) is 33.7 Å². The molecule has 0 aliphatic rings. The van der Waals surface area contributed by atoms with Gasteiger partial charge in [-0.1, -0.05) is 17.3 Å². The van der Waals surface area contributed by atoms with E-state index in [-0.39, 0.29) is 12.5 Å². The molecule has 0 unspecified atom stereocenters. The molecule has 3 heterocycles. The highest BCUT2D eigenvalue weighted by Gasteiger charge is 2.30. The van der Waals surface area contributed by atoms with E-state index in [1.54, 1.807) is 25.1 Å². The van der Waals surface area contributed by atoms with Crippen molar-refractivity contribution in [1.29, 1.82) is 0 Å². The Morgan fingerprint density at radius 3 is 2.53 bits per heavy atom. The minimum absolute atomic E-state index is 0.229. The Balaban J connectivity index is 1.31. The average Bonchev–Trinajstić information content (AvgIpc) is 3.55. The second kappa shape index (κ2) is 8.45. The number of nitrogens with one attached hydrogen (secondary N) is 2. The van der Waals surface area contributed by atoms with Gasteiger partial charge in [0.1, 0.15) is 5.82 Å². The summed E-state index contributed by atoms with van der Waals surface area (Å²) in [6.45, 7) is 2.05. The predicted octanol–water partition coefficient (Wildman–Crippen LogP) is 6.20. The molecule has 0 aliphatic carbocycles. The van der Waals surface area contributed by atoms with Crippen LogP contribution < -0.4 is 5.32 Å². The molecule has 0 radical (unpaired) electrons. The smallest absolute Gasteiger partial charge is 0.359 e. The van der Waals surface area contributed by atoms with Crippen molar-refractivity contribution in [2.24, 2.45) is 0 Å². The number of alkyl halides is 3. The lowest BCUT2D eigenvalue weighted by Crippen LogP contribution is -2.22. The zero-order valence-corrected chi connectivity index (χ0v) is 18.6. The summed E-state index contributed by atoms with van der Waals surface area (Å²) in [4.78, 5) is 21.5. The van der Waals surface area contributed by atoms with E-state index in [1.807, 2.05) is 24.3 Å². The summed E-state index contributed by atoms with van der Waals surface area (Å²) in [5.41, 5.74) is 2.24. The SMILES string of the molecule is Cc1cc(CNC(=O)c2ccc(-c3ccc(-c4nc5ccc(C(F)(F)F)cc5[nH]4)s3)cc2)on1. The molecule has 0 spiro atoms. The molecule has 34 heavy (non-hydrogen) atoms. The van der Waals surface area contributed by atoms with Crippen molar-refractivity contribution in [1.82, 2.24) is 20.4 Å². The van der Waals surface area contributed by atoms with E-state index in [2.05, 4.69) is 20.4 Å². The van der Waals surface area contributed by atoms with Crippen molar-refractivity contribution in [3.63, 3.8) is 0 Å². The second-order valence-electron chi connectivity index (χ2n) is 7.67. The van der Waals surface area contributed by atoms with Crippen molar-refractivity contribution >= 4 is 28.3 Å². The van der Waals surface area contributed by atoms with Crippen LogP contribution in [0.5, 0.6) is 0 Å². The van der Waals surface area contributed by atoms with Gasteiger partial charge < -0.3 is 14.8 Å². The third-order valence-electron chi connectivity index (χ3n) is 5.18. The Bertz CT molecular complexity index is 1480. The molecule has 0 atom stereocenters. The van der Waals surface area contributed by atoms with Crippen LogP contribution in [-0.4, -0.2) is 21.0 Å². The maximum absolute atomic E-state index is 13.0. The number of carbonyl (C=O) groups is 1. The highest BCUT2D eigenvalue weighted by Crippen LogP contribution is 2.35. The third-order valence-corrected chi connectivity index (χ3v) is 6.32. The number of nitrogens with zero attached hydrogens (tertiary/aromatic N) is 2. The first-order chi connectivity index (χ1) is 16.3. The lowest BCUT2D eigenvalue weighted by molar-refractivity contribution is -0.137. The van der Waals surface area contributed by atoms with Crippen LogP contribution >= 0.6 is 11.3 Å². The van der Waals surface area contributed by atoms with Gasteiger partial charge in [0.25, 0.3) is 5.91 Å². The van der Waals surface area contributed by atoms with Crippen LogP contribution in [0.3, 0.4) is 0 Å². The average molecular weight is 482 g/mol. The Morgan fingerprint density at radius 2 is 1.82 bits per heavy atom. The number of thiophene rings is 1. The molecule has 1 amide bonds. The molecule has 0 fully saturated rings. The number of aromatic amines is 1. The Hall–Kier alpha value is -3.92. The van der Waals surface area contributed by atoms with Gasteiger partial charge in [0.2, 0.25) is 0 Å². The zero-order valence-electron chi connectivity index (χ0n) is 17.7. The van der Waals surface area contributed by atoms with E-state index in [0.717, 1.165) is 33.1 Å². The number of imidazole rings is 1. The van der Waals surface area contributed by atoms with Crippen LogP contribution in [0.25, 0.3) is 32.2 Å². The Kier molecular flexibility index (Phi) is 5.45. The first-order valence-electron chi connectivity index (χ1n) is 10.2. The second-order valence-corrected chi connectivity index (χ2v) is 8.76. The number of benzene rings is 2. The standard InChI is InChI=1S/C24H17F3N4O2S/c1-13-10-17(33-31-13)12-28-23(32)15-4-2-14(3-5-15)20-8-9-21(34-20)22-29-18-7-6-16(24(25,26)27)11-19(18)30-22/h2-11H,12H2,1H3,(H,28,32)(H,29,30). The summed E-state index contributed by atoms with van der Waals surface area (Å²) in [7, 11) is 0. The number of fused-ring (bicyclic) bond motifs is 1. The molecule has 0 aliphatic heterocycles. The molecule has 5 aromatic rings. The minimum Gasteiger partial charge on any atom is -0.359 e. The molecule has 172 valence electrons. The van der Waals surface area contributed by atoms with Crippen LogP contribution in [0, 0.1) is 6.92 Å². The normalized spacial score (nSPS) is 11.8. The van der Waals surface area contributed by atoms with Crippen LogP contribution in [0.2, 0.25) is 0 Å². The Morgan fingerprint density at radius 1 is 1.06 bits per heavy atom. The molecule has 3 aromatic heterocycles. The highest BCUT2D eigenvalue weighted by molar-refractivity contribution is 7.18. The van der Waals surface area contributed by atoms with Gasteiger partial charge in [-0.15, -0.1) is 11.3 Å². The quantitative estimate of drug-likeness (QED) is 0.312. The summed E-state index contributed by atoms with van der Waals surface area (Å²) in [5.74, 6) is 0.853. The fraction of sp³-hybridized carbons (Fsp3) is 0.125. The molecule has 6 nitrogen and oxygen atoms in total. The van der Waals surface area contributed by atoms with Crippen molar-refractivity contribution in [3.05, 3.63) is 83.2 Å². The van der Waals surface area contributed by atoms with Crippen LogP contribution in [0.1, 0.15) is 27.4 Å². The first-order valence-corrected chi connectivity index (χ1v) is 11.1. The summed E-state index contributed by atoms with van der Waals surface area (Å²) in [6, 6.07) is 16.1. The first kappa shape index (κ1) is 21.9. The van der Waals surface area contributed by atoms with Gasteiger partial charge in [0.15, 0.2) is 5.76 Å². The van der Waals surface area contributed by atoms with Gasteiger partial charge >= 0.3 is 6.18 Å². The van der Waals surface area contributed by atoms with Crippen LogP contribution in [0.15, 0.2) is 65.2 Å². The summed E-state index contributed by atoms with van der Waals surface area (Å²) in [6.07, 6.45) is -4.41. The van der Waals surface area contributed by atoms with Gasteiger partial charge in [-0.25, -0.2) is 4.98 Å². The molecule has 10 heteroatoms. The molecule has 5 rings (SSSR count). The third kappa shape index (κ3) is 4.44. The topological polar surface area (TPSA) is 83.8 Å². The fourth-order valence-electron chi connectivity index (χ4n) is 3.48. The van der Waals surface area contributed by atoms with Crippen molar-refractivity contribution in [3.8, 4) is 21.1 Å².